The number of methoxy groups -OCH3 is 1. The zero-order chi connectivity index (χ0) is 10.6. The van der Waals surface area contributed by atoms with Crippen LogP contribution >= 0.6 is 0 Å². The van der Waals surface area contributed by atoms with Gasteiger partial charge in [-0.15, -0.1) is 0 Å². The third-order valence-corrected chi connectivity index (χ3v) is 2.41. The Kier molecular flexibility index (Phi) is 3.44. The molecule has 0 aromatic carbocycles. The summed E-state index contributed by atoms with van der Waals surface area (Å²) in [7, 11) is 1.60. The van der Waals surface area contributed by atoms with Crippen molar-refractivity contribution >= 4 is 0 Å². The van der Waals surface area contributed by atoms with Crippen LogP contribution in [0.25, 0.3) is 0 Å². The van der Waals surface area contributed by atoms with Gasteiger partial charge in [-0.1, -0.05) is 27.2 Å². The molecular weight excluding hydrogens is 176 g/mol. The highest BCUT2D eigenvalue weighted by Gasteiger charge is 2.21. The Morgan fingerprint density at radius 3 is 2.43 bits per heavy atom. The number of rotatable bonds is 4. The summed E-state index contributed by atoms with van der Waals surface area (Å²) in [4.78, 5) is 8.51. The van der Waals surface area contributed by atoms with Crippen molar-refractivity contribution in [1.29, 1.82) is 0 Å². The highest BCUT2D eigenvalue weighted by Crippen LogP contribution is 2.26. The average molecular weight is 194 g/mol. The molecule has 0 spiro atoms. The van der Waals surface area contributed by atoms with Gasteiger partial charge in [-0.3, -0.25) is 4.98 Å². The zero-order valence-corrected chi connectivity index (χ0v) is 9.37. The lowest BCUT2D eigenvalue weighted by Gasteiger charge is -2.22. The third kappa shape index (κ3) is 2.44. The lowest BCUT2D eigenvalue weighted by Crippen LogP contribution is -2.18. The zero-order valence-electron chi connectivity index (χ0n) is 9.37. The fraction of sp³-hybridized carbons (Fsp3) is 0.636. The van der Waals surface area contributed by atoms with Gasteiger partial charge in [0.25, 0.3) is 0 Å². The average Bonchev–Trinajstić information content (AvgIpc) is 2.18. The molecule has 0 N–H and O–H groups in total. The van der Waals surface area contributed by atoms with Gasteiger partial charge in [0.1, 0.15) is 0 Å². The minimum absolute atomic E-state index is 0.105. The Morgan fingerprint density at radius 1 is 1.29 bits per heavy atom. The second-order valence-corrected chi connectivity index (χ2v) is 4.08. The van der Waals surface area contributed by atoms with Gasteiger partial charge in [-0.05, 0) is 6.42 Å². The third-order valence-electron chi connectivity index (χ3n) is 2.41. The molecule has 0 saturated carbocycles. The number of hydrogen-bond acceptors (Lipinski definition) is 3. The SMILES string of the molecule is CCCC(C)(C)c1cnc(OC)cn1. The molecule has 78 valence electrons. The molecule has 3 nitrogen and oxygen atoms in total. The van der Waals surface area contributed by atoms with Crippen molar-refractivity contribution < 1.29 is 4.74 Å². The molecule has 14 heavy (non-hydrogen) atoms. The van der Waals surface area contributed by atoms with Crippen LogP contribution in [0, 0.1) is 0 Å². The first-order valence-corrected chi connectivity index (χ1v) is 4.96. The van der Waals surface area contributed by atoms with E-state index in [4.69, 9.17) is 4.74 Å². The van der Waals surface area contributed by atoms with Crippen molar-refractivity contribution in [2.24, 2.45) is 0 Å². The van der Waals surface area contributed by atoms with Crippen molar-refractivity contribution in [3.8, 4) is 5.88 Å². The van der Waals surface area contributed by atoms with Gasteiger partial charge >= 0.3 is 0 Å². The van der Waals surface area contributed by atoms with Crippen LogP contribution in [0.1, 0.15) is 39.3 Å². The normalized spacial score (nSPS) is 11.4. The highest BCUT2D eigenvalue weighted by molar-refractivity contribution is 5.14. The smallest absolute Gasteiger partial charge is 0.231 e. The van der Waals surface area contributed by atoms with Gasteiger partial charge in [-0.25, -0.2) is 4.98 Å². The maximum absolute atomic E-state index is 4.97. The van der Waals surface area contributed by atoms with E-state index >= 15 is 0 Å². The number of aromatic nitrogens is 2. The minimum Gasteiger partial charge on any atom is -0.480 e. The molecule has 0 saturated heterocycles. The van der Waals surface area contributed by atoms with Crippen LogP contribution in [0.2, 0.25) is 0 Å². The number of ether oxygens (including phenoxy) is 1. The van der Waals surface area contributed by atoms with Crippen molar-refractivity contribution in [3.05, 3.63) is 18.1 Å². The quantitative estimate of drug-likeness (QED) is 0.739. The first-order chi connectivity index (χ1) is 6.60. The van der Waals surface area contributed by atoms with E-state index in [0.29, 0.717) is 5.88 Å². The Morgan fingerprint density at radius 2 is 2.00 bits per heavy atom. The summed E-state index contributed by atoms with van der Waals surface area (Å²) in [5, 5.41) is 0. The molecule has 0 aliphatic heterocycles. The molecule has 0 fully saturated rings. The summed E-state index contributed by atoms with van der Waals surface area (Å²) < 4.78 is 4.97. The lowest BCUT2D eigenvalue weighted by molar-refractivity contribution is 0.390. The Bertz CT molecular complexity index is 280. The van der Waals surface area contributed by atoms with Crippen molar-refractivity contribution in [1.82, 2.24) is 9.97 Å². The van der Waals surface area contributed by atoms with E-state index in [1.54, 1.807) is 19.5 Å². The molecule has 1 rings (SSSR count). The molecular formula is C11H18N2O. The molecule has 0 aliphatic rings. The van der Waals surface area contributed by atoms with Gasteiger partial charge in [-0.2, -0.15) is 0 Å². The van der Waals surface area contributed by atoms with E-state index < -0.39 is 0 Å². The molecule has 0 atom stereocenters. The fourth-order valence-corrected chi connectivity index (χ4v) is 1.52. The van der Waals surface area contributed by atoms with E-state index in [0.717, 1.165) is 18.5 Å². The lowest BCUT2D eigenvalue weighted by atomic mass is 9.85. The molecule has 0 aliphatic carbocycles. The van der Waals surface area contributed by atoms with Crippen molar-refractivity contribution in [2.45, 2.75) is 39.0 Å². The molecule has 0 amide bonds. The molecule has 0 unspecified atom stereocenters. The monoisotopic (exact) mass is 194 g/mol. The minimum atomic E-state index is 0.105. The molecule has 0 bridgehead atoms. The second kappa shape index (κ2) is 4.40. The van der Waals surface area contributed by atoms with Gasteiger partial charge in [0.2, 0.25) is 5.88 Å². The first-order valence-electron chi connectivity index (χ1n) is 4.96. The van der Waals surface area contributed by atoms with Crippen LogP contribution < -0.4 is 4.74 Å². The standard InChI is InChI=1S/C11H18N2O/c1-5-6-11(2,3)9-7-13-10(14-4)8-12-9/h7-8H,5-6H2,1-4H3. The first kappa shape index (κ1) is 11.0. The van der Waals surface area contributed by atoms with E-state index in [1.165, 1.54) is 0 Å². The van der Waals surface area contributed by atoms with E-state index in [2.05, 4.69) is 30.7 Å². The Hall–Kier alpha value is -1.12. The summed E-state index contributed by atoms with van der Waals surface area (Å²) in [5.74, 6) is 0.570. The predicted octanol–water partition coefficient (Wildman–Crippen LogP) is 2.56. The van der Waals surface area contributed by atoms with Gasteiger partial charge in [0, 0.05) is 5.41 Å². The molecule has 1 aromatic heterocycles. The largest absolute Gasteiger partial charge is 0.480 e. The number of nitrogens with zero attached hydrogens (tertiary/aromatic N) is 2. The molecule has 3 heteroatoms. The second-order valence-electron chi connectivity index (χ2n) is 4.08. The summed E-state index contributed by atoms with van der Waals surface area (Å²) in [6, 6.07) is 0. The van der Waals surface area contributed by atoms with Crippen LogP contribution in [0.4, 0.5) is 0 Å². The van der Waals surface area contributed by atoms with Gasteiger partial charge < -0.3 is 4.74 Å². The summed E-state index contributed by atoms with van der Waals surface area (Å²) >= 11 is 0. The van der Waals surface area contributed by atoms with Gasteiger partial charge in [0.15, 0.2) is 0 Å². The van der Waals surface area contributed by atoms with Crippen LogP contribution in [0.15, 0.2) is 12.4 Å². The molecule has 1 heterocycles. The predicted molar refractivity (Wildman–Crippen MR) is 56.5 cm³/mol. The summed E-state index contributed by atoms with van der Waals surface area (Å²) in [6.07, 6.45) is 5.75. The van der Waals surface area contributed by atoms with E-state index in [-0.39, 0.29) is 5.41 Å². The molecule has 1 aromatic rings. The maximum atomic E-state index is 4.97. The van der Waals surface area contributed by atoms with Gasteiger partial charge in [0.05, 0.1) is 25.2 Å². The highest BCUT2D eigenvalue weighted by atomic mass is 16.5. The summed E-state index contributed by atoms with van der Waals surface area (Å²) in [6.45, 7) is 6.55. The van der Waals surface area contributed by atoms with Crippen molar-refractivity contribution in [2.75, 3.05) is 7.11 Å². The van der Waals surface area contributed by atoms with Crippen LogP contribution in [-0.2, 0) is 5.41 Å². The Labute approximate surface area is 85.5 Å². The van der Waals surface area contributed by atoms with Crippen LogP contribution in [-0.4, -0.2) is 17.1 Å². The number of hydrogen-bond donors (Lipinski definition) is 0. The fourth-order valence-electron chi connectivity index (χ4n) is 1.52. The van der Waals surface area contributed by atoms with Crippen LogP contribution in [0.5, 0.6) is 5.88 Å². The molecule has 0 radical (unpaired) electrons. The van der Waals surface area contributed by atoms with E-state index in [1.807, 2.05) is 0 Å². The Balaban J connectivity index is 2.85. The maximum Gasteiger partial charge on any atom is 0.231 e. The van der Waals surface area contributed by atoms with E-state index in [9.17, 15) is 0 Å². The summed E-state index contributed by atoms with van der Waals surface area (Å²) in [5.41, 5.74) is 1.13. The van der Waals surface area contributed by atoms with Crippen molar-refractivity contribution in [3.63, 3.8) is 0 Å². The topological polar surface area (TPSA) is 35.0 Å². The van der Waals surface area contributed by atoms with Crippen LogP contribution in [0.3, 0.4) is 0 Å².